The summed E-state index contributed by atoms with van der Waals surface area (Å²) in [6, 6.07) is 3.93. The summed E-state index contributed by atoms with van der Waals surface area (Å²) in [5.74, 6) is 0.886. The number of carbonyl (C=O) groups excluding carboxylic acids is 2. The molecule has 2 aliphatic rings. The first-order valence-electron chi connectivity index (χ1n) is 11.6. The van der Waals surface area contributed by atoms with Crippen molar-refractivity contribution in [3.63, 3.8) is 0 Å². The Bertz CT molecular complexity index is 807. The summed E-state index contributed by atoms with van der Waals surface area (Å²) in [5, 5.41) is 0. The Kier molecular flexibility index (Phi) is 7.20. The van der Waals surface area contributed by atoms with Crippen LogP contribution in [-0.4, -0.2) is 70.9 Å². The largest absolute Gasteiger partial charge is 0.444 e. The van der Waals surface area contributed by atoms with E-state index >= 15 is 0 Å². The molecule has 0 bridgehead atoms. The fourth-order valence-corrected chi connectivity index (χ4v) is 4.16. The number of piperazine rings is 1. The Morgan fingerprint density at radius 2 is 1.53 bits per heavy atom. The summed E-state index contributed by atoms with van der Waals surface area (Å²) in [5.41, 5.74) is 0.00679. The number of rotatable bonds is 2. The molecule has 0 N–H and O–H groups in total. The Hall–Kier alpha value is -2.51. The third kappa shape index (κ3) is 6.26. The lowest BCUT2D eigenvalue weighted by molar-refractivity contribution is 0.00935. The van der Waals surface area contributed by atoms with Crippen molar-refractivity contribution in [2.45, 2.75) is 78.0 Å². The average molecular weight is 447 g/mol. The third-order valence-corrected chi connectivity index (χ3v) is 5.54. The Morgan fingerprint density at radius 1 is 0.906 bits per heavy atom. The fraction of sp³-hybridized carbons (Fsp3) is 0.708. The second kappa shape index (κ2) is 9.55. The van der Waals surface area contributed by atoms with Crippen molar-refractivity contribution in [3.05, 3.63) is 23.9 Å². The predicted octanol–water partition coefficient (Wildman–Crippen LogP) is 4.60. The van der Waals surface area contributed by atoms with Crippen LogP contribution in [0.4, 0.5) is 15.4 Å². The standard InChI is InChI=1S/C24H38N4O4/c1-23(2,3)31-21(29)27-16-14-26(15-17-27)20-18(10-9-12-25-20)19-11-7-8-13-28(19)22(30)32-24(4,5)6/h9-10,12,19H,7-8,11,13-17H2,1-6H3/t19-/m1/s1. The van der Waals surface area contributed by atoms with Gasteiger partial charge >= 0.3 is 12.2 Å². The van der Waals surface area contributed by atoms with E-state index in [0.717, 1.165) is 30.6 Å². The number of nitrogens with zero attached hydrogens (tertiary/aromatic N) is 4. The molecule has 2 amide bonds. The smallest absolute Gasteiger partial charge is 0.410 e. The van der Waals surface area contributed by atoms with Crippen LogP contribution in [-0.2, 0) is 9.47 Å². The van der Waals surface area contributed by atoms with E-state index in [9.17, 15) is 9.59 Å². The molecule has 3 rings (SSSR count). The van der Waals surface area contributed by atoms with Gasteiger partial charge in [0.05, 0.1) is 6.04 Å². The molecule has 8 heteroatoms. The summed E-state index contributed by atoms with van der Waals surface area (Å²) in [6.45, 7) is 14.5. The zero-order valence-corrected chi connectivity index (χ0v) is 20.4. The molecule has 32 heavy (non-hydrogen) atoms. The highest BCUT2D eigenvalue weighted by Gasteiger charge is 2.34. The number of pyridine rings is 1. The number of piperidine rings is 1. The molecular weight excluding hydrogens is 408 g/mol. The SMILES string of the molecule is CC(C)(C)OC(=O)N1CCN(c2ncccc2[C@H]2CCCCN2C(=O)OC(C)(C)C)CC1. The molecule has 2 fully saturated rings. The van der Waals surface area contributed by atoms with Gasteiger partial charge in [0.1, 0.15) is 17.0 Å². The highest BCUT2D eigenvalue weighted by atomic mass is 16.6. The summed E-state index contributed by atoms with van der Waals surface area (Å²) in [7, 11) is 0. The van der Waals surface area contributed by atoms with E-state index in [1.165, 1.54) is 0 Å². The summed E-state index contributed by atoms with van der Waals surface area (Å²) in [4.78, 5) is 35.8. The minimum atomic E-state index is -0.533. The van der Waals surface area contributed by atoms with E-state index in [-0.39, 0.29) is 18.2 Å². The molecule has 0 aromatic carbocycles. The number of hydrogen-bond donors (Lipinski definition) is 0. The Balaban J connectivity index is 1.74. The first-order chi connectivity index (χ1) is 14.9. The van der Waals surface area contributed by atoms with Crippen LogP contribution >= 0.6 is 0 Å². The van der Waals surface area contributed by atoms with Gasteiger partial charge < -0.3 is 24.2 Å². The first-order valence-corrected chi connectivity index (χ1v) is 11.6. The van der Waals surface area contributed by atoms with Crippen molar-refractivity contribution < 1.29 is 19.1 Å². The Morgan fingerprint density at radius 3 is 2.16 bits per heavy atom. The van der Waals surface area contributed by atoms with Crippen molar-refractivity contribution in [2.24, 2.45) is 0 Å². The van der Waals surface area contributed by atoms with Crippen LogP contribution in [0, 0.1) is 0 Å². The highest BCUT2D eigenvalue weighted by Crippen LogP contribution is 2.36. The van der Waals surface area contributed by atoms with Gasteiger partial charge in [0, 0.05) is 44.5 Å². The van der Waals surface area contributed by atoms with Gasteiger partial charge in [-0.2, -0.15) is 0 Å². The van der Waals surface area contributed by atoms with E-state index in [4.69, 9.17) is 9.47 Å². The van der Waals surface area contributed by atoms with Crippen molar-refractivity contribution in [1.29, 1.82) is 0 Å². The molecular formula is C24H38N4O4. The molecule has 0 unspecified atom stereocenters. The maximum absolute atomic E-state index is 12.9. The highest BCUT2D eigenvalue weighted by molar-refractivity contribution is 5.70. The van der Waals surface area contributed by atoms with Gasteiger partial charge in [0.2, 0.25) is 0 Å². The second-order valence-electron chi connectivity index (χ2n) is 10.6. The van der Waals surface area contributed by atoms with E-state index < -0.39 is 11.2 Å². The number of hydrogen-bond acceptors (Lipinski definition) is 6. The molecule has 2 saturated heterocycles. The van der Waals surface area contributed by atoms with Crippen molar-refractivity contribution in [1.82, 2.24) is 14.8 Å². The molecule has 0 saturated carbocycles. The monoisotopic (exact) mass is 446 g/mol. The van der Waals surface area contributed by atoms with E-state index in [1.807, 2.05) is 52.5 Å². The van der Waals surface area contributed by atoms with Crippen molar-refractivity contribution >= 4 is 18.0 Å². The maximum atomic E-state index is 12.9. The number of likely N-dealkylation sites (tertiary alicyclic amines) is 1. The van der Waals surface area contributed by atoms with Crippen LogP contribution in [0.5, 0.6) is 0 Å². The lowest BCUT2D eigenvalue weighted by Crippen LogP contribution is -2.50. The molecule has 0 radical (unpaired) electrons. The zero-order chi connectivity index (χ0) is 23.5. The fourth-order valence-electron chi connectivity index (χ4n) is 4.16. The molecule has 1 atom stereocenters. The maximum Gasteiger partial charge on any atom is 0.410 e. The summed E-state index contributed by atoms with van der Waals surface area (Å²) < 4.78 is 11.2. The van der Waals surface area contributed by atoms with E-state index in [2.05, 4.69) is 16.0 Å². The molecule has 178 valence electrons. The van der Waals surface area contributed by atoms with Gasteiger partial charge in [-0.15, -0.1) is 0 Å². The molecule has 1 aromatic heterocycles. The van der Waals surface area contributed by atoms with Crippen molar-refractivity contribution in [3.8, 4) is 0 Å². The predicted molar refractivity (Wildman–Crippen MR) is 124 cm³/mol. The molecule has 1 aromatic rings. The van der Waals surface area contributed by atoms with Gasteiger partial charge in [-0.3, -0.25) is 0 Å². The van der Waals surface area contributed by atoms with E-state index in [0.29, 0.717) is 32.7 Å². The van der Waals surface area contributed by atoms with Gasteiger partial charge in [-0.25, -0.2) is 14.6 Å². The topological polar surface area (TPSA) is 75.2 Å². The minimum Gasteiger partial charge on any atom is -0.444 e. The van der Waals surface area contributed by atoms with Crippen LogP contribution in [0.3, 0.4) is 0 Å². The van der Waals surface area contributed by atoms with Gasteiger partial charge in [-0.1, -0.05) is 6.07 Å². The molecule has 0 spiro atoms. The molecule has 3 heterocycles. The van der Waals surface area contributed by atoms with Crippen LogP contribution < -0.4 is 4.90 Å². The average Bonchev–Trinajstić information content (AvgIpc) is 2.71. The first kappa shape index (κ1) is 24.1. The molecule has 0 aliphatic carbocycles. The number of anilines is 1. The van der Waals surface area contributed by atoms with Crippen LogP contribution in [0.15, 0.2) is 18.3 Å². The van der Waals surface area contributed by atoms with Crippen LogP contribution in [0.1, 0.15) is 72.4 Å². The lowest BCUT2D eigenvalue weighted by Gasteiger charge is -2.40. The second-order valence-corrected chi connectivity index (χ2v) is 10.6. The van der Waals surface area contributed by atoms with Gasteiger partial charge in [-0.05, 0) is 66.9 Å². The molecule has 2 aliphatic heterocycles. The number of amides is 2. The zero-order valence-electron chi connectivity index (χ0n) is 20.4. The van der Waals surface area contributed by atoms with Gasteiger partial charge in [0.15, 0.2) is 0 Å². The summed E-state index contributed by atoms with van der Waals surface area (Å²) in [6.07, 6.45) is 4.16. The quantitative estimate of drug-likeness (QED) is 0.661. The van der Waals surface area contributed by atoms with Crippen LogP contribution in [0.2, 0.25) is 0 Å². The third-order valence-electron chi connectivity index (χ3n) is 5.54. The number of carbonyl (C=O) groups is 2. The van der Waals surface area contributed by atoms with E-state index in [1.54, 1.807) is 11.1 Å². The Labute approximate surface area is 191 Å². The van der Waals surface area contributed by atoms with Crippen molar-refractivity contribution in [2.75, 3.05) is 37.6 Å². The van der Waals surface area contributed by atoms with Crippen LogP contribution in [0.25, 0.3) is 0 Å². The van der Waals surface area contributed by atoms with Gasteiger partial charge in [0.25, 0.3) is 0 Å². The molecule has 8 nitrogen and oxygen atoms in total. The number of aromatic nitrogens is 1. The minimum absolute atomic E-state index is 0.0637. The lowest BCUT2D eigenvalue weighted by atomic mass is 9.95. The normalized spacial score (nSPS) is 20.2. The summed E-state index contributed by atoms with van der Waals surface area (Å²) >= 11 is 0. The number of ether oxygens (including phenoxy) is 2.